The summed E-state index contributed by atoms with van der Waals surface area (Å²) in [5.74, 6) is 0.0445. The Kier molecular flexibility index (Phi) is 5.27. The van der Waals surface area contributed by atoms with Gasteiger partial charge in [-0.2, -0.15) is 0 Å². The Bertz CT molecular complexity index is 820. The van der Waals surface area contributed by atoms with Gasteiger partial charge in [0.05, 0.1) is 4.90 Å². The van der Waals surface area contributed by atoms with E-state index in [4.69, 9.17) is 4.42 Å². The SMILES string of the molecule is CN(C(=O)c1ccc(CS(=O)(=O)c2ccccc2)o1)C1CCCCC1. The first kappa shape index (κ1) is 17.7. The Hall–Kier alpha value is -2.08. The van der Waals surface area contributed by atoms with E-state index in [0.29, 0.717) is 0 Å². The minimum absolute atomic E-state index is 0.185. The second-order valence-corrected chi connectivity index (χ2v) is 8.54. The smallest absolute Gasteiger partial charge is 0.289 e. The number of benzene rings is 1. The van der Waals surface area contributed by atoms with Crippen LogP contribution in [0.2, 0.25) is 0 Å². The molecule has 134 valence electrons. The fraction of sp³-hybridized carbons (Fsp3) is 0.421. The van der Waals surface area contributed by atoms with Crippen LogP contribution in [-0.4, -0.2) is 32.3 Å². The zero-order chi connectivity index (χ0) is 17.9. The average Bonchev–Trinajstić information content (AvgIpc) is 3.09. The molecule has 0 radical (unpaired) electrons. The molecular formula is C19H23NO4S. The first-order valence-corrected chi connectivity index (χ1v) is 10.3. The van der Waals surface area contributed by atoms with Gasteiger partial charge in [-0.1, -0.05) is 37.5 Å². The van der Waals surface area contributed by atoms with Crippen LogP contribution in [-0.2, 0) is 15.6 Å². The third kappa shape index (κ3) is 4.12. The molecular weight excluding hydrogens is 338 g/mol. The number of furan rings is 1. The van der Waals surface area contributed by atoms with E-state index in [-0.39, 0.29) is 34.1 Å². The number of hydrogen-bond acceptors (Lipinski definition) is 4. The predicted molar refractivity (Wildman–Crippen MR) is 95.0 cm³/mol. The molecule has 3 rings (SSSR count). The van der Waals surface area contributed by atoms with E-state index in [1.54, 1.807) is 54.4 Å². The Balaban J connectivity index is 1.70. The number of rotatable bonds is 5. The zero-order valence-electron chi connectivity index (χ0n) is 14.3. The van der Waals surface area contributed by atoms with Crippen molar-refractivity contribution in [2.75, 3.05) is 7.05 Å². The Morgan fingerprint density at radius 2 is 1.76 bits per heavy atom. The molecule has 0 unspecified atom stereocenters. The minimum atomic E-state index is -3.49. The zero-order valence-corrected chi connectivity index (χ0v) is 15.2. The van der Waals surface area contributed by atoms with Gasteiger partial charge < -0.3 is 9.32 Å². The molecule has 25 heavy (non-hydrogen) atoms. The second-order valence-electron chi connectivity index (χ2n) is 6.55. The van der Waals surface area contributed by atoms with Crippen LogP contribution < -0.4 is 0 Å². The summed E-state index contributed by atoms with van der Waals surface area (Å²) in [6.07, 6.45) is 5.53. The molecule has 1 aromatic carbocycles. The summed E-state index contributed by atoms with van der Waals surface area (Å²) < 4.78 is 30.4. The predicted octanol–water partition coefficient (Wildman–Crippen LogP) is 3.66. The summed E-state index contributed by atoms with van der Waals surface area (Å²) in [5, 5.41) is 0. The van der Waals surface area contributed by atoms with Crippen molar-refractivity contribution >= 4 is 15.7 Å². The van der Waals surface area contributed by atoms with Gasteiger partial charge in [-0.05, 0) is 37.1 Å². The average molecular weight is 361 g/mol. The van der Waals surface area contributed by atoms with Crippen LogP contribution in [0.5, 0.6) is 0 Å². The van der Waals surface area contributed by atoms with Crippen molar-refractivity contribution in [2.24, 2.45) is 0 Å². The molecule has 1 fully saturated rings. The normalized spacial score (nSPS) is 15.9. The Morgan fingerprint density at radius 1 is 1.08 bits per heavy atom. The molecule has 0 bridgehead atoms. The molecule has 6 heteroatoms. The van der Waals surface area contributed by atoms with Crippen molar-refractivity contribution in [3.63, 3.8) is 0 Å². The molecule has 1 aliphatic carbocycles. The lowest BCUT2D eigenvalue weighted by atomic mass is 9.94. The van der Waals surface area contributed by atoms with Crippen molar-refractivity contribution < 1.29 is 17.6 Å². The van der Waals surface area contributed by atoms with E-state index in [1.165, 1.54) is 6.42 Å². The number of hydrogen-bond donors (Lipinski definition) is 0. The van der Waals surface area contributed by atoms with Gasteiger partial charge in [-0.3, -0.25) is 4.79 Å². The maximum Gasteiger partial charge on any atom is 0.289 e. The Morgan fingerprint density at radius 3 is 2.44 bits per heavy atom. The first-order chi connectivity index (χ1) is 12.0. The van der Waals surface area contributed by atoms with Gasteiger partial charge in [0, 0.05) is 13.1 Å². The number of carbonyl (C=O) groups excluding carboxylic acids is 1. The lowest BCUT2D eigenvalue weighted by molar-refractivity contribution is 0.0662. The van der Waals surface area contributed by atoms with Crippen molar-refractivity contribution in [1.82, 2.24) is 4.90 Å². The summed E-state index contributed by atoms with van der Waals surface area (Å²) >= 11 is 0. The molecule has 0 atom stereocenters. The molecule has 0 N–H and O–H groups in total. The quantitative estimate of drug-likeness (QED) is 0.815. The van der Waals surface area contributed by atoms with E-state index in [0.717, 1.165) is 25.7 Å². The van der Waals surface area contributed by atoms with Gasteiger partial charge in [0.15, 0.2) is 15.6 Å². The summed E-state index contributed by atoms with van der Waals surface area (Å²) in [7, 11) is -1.69. The summed E-state index contributed by atoms with van der Waals surface area (Å²) in [5.41, 5.74) is 0. The maximum atomic E-state index is 12.6. The molecule has 1 aromatic heterocycles. The minimum Gasteiger partial charge on any atom is -0.455 e. The van der Waals surface area contributed by atoms with Crippen LogP contribution >= 0.6 is 0 Å². The lowest BCUT2D eigenvalue weighted by Crippen LogP contribution is -2.38. The fourth-order valence-electron chi connectivity index (χ4n) is 3.28. The van der Waals surface area contributed by atoms with Gasteiger partial charge in [-0.15, -0.1) is 0 Å². The number of amides is 1. The van der Waals surface area contributed by atoms with Gasteiger partial charge in [0.25, 0.3) is 5.91 Å². The van der Waals surface area contributed by atoms with Crippen LogP contribution in [0, 0.1) is 0 Å². The lowest BCUT2D eigenvalue weighted by Gasteiger charge is -2.30. The molecule has 1 saturated carbocycles. The van der Waals surface area contributed by atoms with Crippen molar-refractivity contribution in [3.05, 3.63) is 54.0 Å². The highest BCUT2D eigenvalue weighted by atomic mass is 32.2. The van der Waals surface area contributed by atoms with Crippen LogP contribution in [0.4, 0.5) is 0 Å². The molecule has 0 saturated heterocycles. The van der Waals surface area contributed by atoms with Crippen LogP contribution in [0.1, 0.15) is 48.4 Å². The van der Waals surface area contributed by atoms with Crippen molar-refractivity contribution in [1.29, 1.82) is 0 Å². The molecule has 0 spiro atoms. The van der Waals surface area contributed by atoms with Gasteiger partial charge in [0.2, 0.25) is 0 Å². The molecule has 0 aliphatic heterocycles. The Labute approximate surface area is 148 Å². The van der Waals surface area contributed by atoms with E-state index >= 15 is 0 Å². The highest BCUT2D eigenvalue weighted by Gasteiger charge is 2.25. The summed E-state index contributed by atoms with van der Waals surface area (Å²) in [6.45, 7) is 0. The largest absolute Gasteiger partial charge is 0.455 e. The van der Waals surface area contributed by atoms with E-state index in [9.17, 15) is 13.2 Å². The summed E-state index contributed by atoms with van der Waals surface area (Å²) in [4.78, 5) is 14.6. The molecule has 2 aromatic rings. The van der Waals surface area contributed by atoms with E-state index < -0.39 is 9.84 Å². The number of carbonyl (C=O) groups is 1. The van der Waals surface area contributed by atoms with Gasteiger partial charge >= 0.3 is 0 Å². The first-order valence-electron chi connectivity index (χ1n) is 8.61. The van der Waals surface area contributed by atoms with Crippen LogP contribution in [0.25, 0.3) is 0 Å². The molecule has 1 heterocycles. The monoisotopic (exact) mass is 361 g/mol. The van der Waals surface area contributed by atoms with E-state index in [1.807, 2.05) is 0 Å². The molecule has 1 amide bonds. The van der Waals surface area contributed by atoms with Crippen molar-refractivity contribution in [3.8, 4) is 0 Å². The summed E-state index contributed by atoms with van der Waals surface area (Å²) in [6, 6.07) is 11.6. The number of nitrogens with zero attached hydrogens (tertiary/aromatic N) is 1. The molecule has 1 aliphatic rings. The second kappa shape index (κ2) is 7.44. The maximum absolute atomic E-state index is 12.6. The topological polar surface area (TPSA) is 67.6 Å². The molecule has 5 nitrogen and oxygen atoms in total. The standard InChI is InChI=1S/C19H23NO4S/c1-20(15-8-4-2-5-9-15)19(21)18-13-12-16(24-18)14-25(22,23)17-10-6-3-7-11-17/h3,6-7,10-13,15H,2,4-5,8-9,14H2,1H3. The van der Waals surface area contributed by atoms with Gasteiger partial charge in [0.1, 0.15) is 11.5 Å². The number of sulfone groups is 1. The highest BCUT2D eigenvalue weighted by molar-refractivity contribution is 7.90. The van der Waals surface area contributed by atoms with Crippen LogP contribution in [0.3, 0.4) is 0 Å². The highest BCUT2D eigenvalue weighted by Crippen LogP contribution is 2.24. The van der Waals surface area contributed by atoms with Crippen molar-refractivity contribution in [2.45, 2.75) is 48.8 Å². The van der Waals surface area contributed by atoms with E-state index in [2.05, 4.69) is 0 Å². The fourth-order valence-corrected chi connectivity index (χ4v) is 4.55. The third-order valence-corrected chi connectivity index (χ3v) is 6.40. The van der Waals surface area contributed by atoms with Gasteiger partial charge in [-0.25, -0.2) is 8.42 Å². The third-order valence-electron chi connectivity index (χ3n) is 4.75. The van der Waals surface area contributed by atoms with Crippen LogP contribution in [0.15, 0.2) is 51.8 Å².